The number of hydroxylamine groups is 1. The molecule has 0 aliphatic carbocycles. The molecule has 13 heteroatoms. The molecule has 37 heavy (non-hydrogen) atoms. The number of hydrogen-bond acceptors (Lipinski definition) is 8. The number of carbonyl (C=O) groups excluding carboxylic acids is 1. The van der Waals surface area contributed by atoms with Crippen molar-refractivity contribution < 1.29 is 24.0 Å². The van der Waals surface area contributed by atoms with Crippen LogP contribution in [0.2, 0.25) is 5.02 Å². The Bertz CT molecular complexity index is 1470. The van der Waals surface area contributed by atoms with Crippen molar-refractivity contribution in [3.63, 3.8) is 0 Å². The second-order valence-corrected chi connectivity index (χ2v) is 7.82. The van der Waals surface area contributed by atoms with E-state index in [2.05, 4.69) is 15.3 Å². The van der Waals surface area contributed by atoms with Crippen molar-refractivity contribution in [2.24, 2.45) is 0 Å². The summed E-state index contributed by atoms with van der Waals surface area (Å²) in [6.07, 6.45) is 5.56. The summed E-state index contributed by atoms with van der Waals surface area (Å²) in [4.78, 5) is 25.8. The van der Waals surface area contributed by atoms with Crippen LogP contribution in [0.4, 0.5) is 10.5 Å². The molecule has 0 radical (unpaired) electrons. The lowest BCUT2D eigenvalue weighted by Crippen LogP contribution is -2.33. The number of aromatic nitrogens is 6. The van der Waals surface area contributed by atoms with Crippen LogP contribution in [0.5, 0.6) is 11.8 Å². The van der Waals surface area contributed by atoms with E-state index >= 15 is 0 Å². The zero-order valence-electron chi connectivity index (χ0n) is 19.4. The molecule has 3 aromatic heterocycles. The quantitative estimate of drug-likeness (QED) is 0.268. The van der Waals surface area contributed by atoms with E-state index in [0.717, 1.165) is 15.6 Å². The van der Waals surface area contributed by atoms with Gasteiger partial charge in [0.1, 0.15) is 6.61 Å². The van der Waals surface area contributed by atoms with Gasteiger partial charge in [0.2, 0.25) is 11.8 Å². The minimum atomic E-state index is -0.814. The number of halogens is 1. The van der Waals surface area contributed by atoms with Crippen LogP contribution in [0.25, 0.3) is 5.69 Å². The minimum Gasteiger partial charge on any atom is -0.472 e. The van der Waals surface area contributed by atoms with E-state index in [-0.39, 0.29) is 12.5 Å². The molecule has 5 rings (SSSR count). The van der Waals surface area contributed by atoms with Crippen molar-refractivity contribution in [1.82, 2.24) is 29.7 Å². The molecule has 0 atom stereocenters. The lowest BCUT2D eigenvalue weighted by molar-refractivity contribution is -0.0104. The fraction of sp³-hybridized carbons (Fsp3) is 0.0833. The highest BCUT2D eigenvalue weighted by Crippen LogP contribution is 2.24. The van der Waals surface area contributed by atoms with Crippen molar-refractivity contribution >= 4 is 23.4 Å². The smallest absolute Gasteiger partial charge is 0.445 e. The number of carbonyl (C=O) groups is 1. The van der Waals surface area contributed by atoms with Crippen molar-refractivity contribution in [2.45, 2.75) is 6.61 Å². The van der Waals surface area contributed by atoms with Crippen LogP contribution in [-0.4, -0.2) is 42.9 Å². The Kier molecular flexibility index (Phi) is 7.01. The molecule has 5 aromatic rings. The monoisotopic (exact) mass is 521 g/mol. The van der Waals surface area contributed by atoms with E-state index in [1.807, 2.05) is 18.2 Å². The maximum atomic E-state index is 12.9. The summed E-state index contributed by atoms with van der Waals surface area (Å²) >= 11 is 5.95. The third-order valence-corrected chi connectivity index (χ3v) is 5.22. The first-order valence-electron chi connectivity index (χ1n) is 10.9. The first-order valence-corrected chi connectivity index (χ1v) is 11.3. The Balaban J connectivity index is 1.25. The van der Waals surface area contributed by atoms with Gasteiger partial charge in [0, 0.05) is 28.9 Å². The molecule has 1 amide bonds. The van der Waals surface area contributed by atoms with Crippen LogP contribution in [0, 0.1) is 0 Å². The van der Waals surface area contributed by atoms with Crippen LogP contribution in [0.3, 0.4) is 0 Å². The van der Waals surface area contributed by atoms with Gasteiger partial charge in [-0.05, 0) is 36.4 Å². The molecule has 0 N–H and O–H groups in total. The topological polar surface area (TPSA) is 111 Å². The van der Waals surface area contributed by atoms with Gasteiger partial charge in [-0.25, -0.2) is 14.4 Å². The zero-order chi connectivity index (χ0) is 25.6. The maximum absolute atomic E-state index is 12.9. The predicted molar refractivity (Wildman–Crippen MR) is 131 cm³/mol. The molecule has 12 nitrogen and oxygen atoms in total. The molecule has 3 heterocycles. The molecule has 0 fully saturated rings. The molecule has 0 saturated carbocycles. The Hall–Kier alpha value is -4.81. The summed E-state index contributed by atoms with van der Waals surface area (Å²) in [6, 6.07) is 19.2. The minimum absolute atomic E-state index is 0.000626. The number of anilines is 1. The summed E-state index contributed by atoms with van der Waals surface area (Å²) in [5, 5.41) is 14.0. The number of ether oxygens (including phenoxy) is 2. The third kappa shape index (κ3) is 5.72. The molecule has 0 aliphatic heterocycles. The standard InChI is InChI=1S/C24H20ClN7O5/c1-34-32(24(33)36-23-12-16-31(28-23)37-30-14-4-13-26-30)21-6-3-2-5-18(21)17-35-22-11-15-29(27-22)20-9-7-19(25)8-10-20/h2-16H,17H2,1H3. The number of hydrogen-bond donors (Lipinski definition) is 0. The van der Waals surface area contributed by atoms with Crippen molar-refractivity contribution in [1.29, 1.82) is 0 Å². The van der Waals surface area contributed by atoms with Gasteiger partial charge in [-0.15, -0.1) is 10.2 Å². The highest BCUT2D eigenvalue weighted by molar-refractivity contribution is 6.30. The van der Waals surface area contributed by atoms with Gasteiger partial charge >= 0.3 is 6.09 Å². The third-order valence-electron chi connectivity index (χ3n) is 4.97. The van der Waals surface area contributed by atoms with Crippen molar-refractivity contribution in [3.8, 4) is 17.4 Å². The fourth-order valence-electron chi connectivity index (χ4n) is 3.29. The molecule has 0 unspecified atom stereocenters. The molecule has 0 saturated heterocycles. The van der Waals surface area contributed by atoms with E-state index in [0.29, 0.717) is 22.2 Å². The van der Waals surface area contributed by atoms with Gasteiger partial charge in [0.15, 0.2) is 0 Å². The lowest BCUT2D eigenvalue weighted by atomic mass is 10.2. The van der Waals surface area contributed by atoms with E-state index in [1.165, 1.54) is 24.2 Å². The lowest BCUT2D eigenvalue weighted by Gasteiger charge is -2.21. The van der Waals surface area contributed by atoms with Crippen LogP contribution >= 0.6 is 11.6 Å². The number of benzene rings is 2. The fourth-order valence-corrected chi connectivity index (χ4v) is 3.41. The summed E-state index contributed by atoms with van der Waals surface area (Å²) < 4.78 is 12.9. The van der Waals surface area contributed by atoms with Gasteiger partial charge in [-0.2, -0.15) is 5.06 Å². The summed E-state index contributed by atoms with van der Waals surface area (Å²) in [7, 11) is 1.35. The largest absolute Gasteiger partial charge is 0.472 e. The van der Waals surface area contributed by atoms with Crippen LogP contribution in [0.15, 0.2) is 91.5 Å². The van der Waals surface area contributed by atoms with Crippen LogP contribution in [-0.2, 0) is 11.4 Å². The molecule has 188 valence electrons. The van der Waals surface area contributed by atoms with Crippen molar-refractivity contribution in [3.05, 3.63) is 102 Å². The second-order valence-electron chi connectivity index (χ2n) is 7.38. The average molecular weight is 522 g/mol. The summed E-state index contributed by atoms with van der Waals surface area (Å²) in [5.41, 5.74) is 1.93. The van der Waals surface area contributed by atoms with Gasteiger partial charge in [-0.1, -0.05) is 44.6 Å². The second kappa shape index (κ2) is 10.8. The summed E-state index contributed by atoms with van der Waals surface area (Å²) in [6.45, 7) is 0.118. The van der Waals surface area contributed by atoms with E-state index in [1.54, 1.807) is 65.7 Å². The van der Waals surface area contributed by atoms with E-state index in [9.17, 15) is 4.79 Å². The Morgan fingerprint density at radius 1 is 0.919 bits per heavy atom. The maximum Gasteiger partial charge on any atom is 0.445 e. The molecular weight excluding hydrogens is 502 g/mol. The van der Waals surface area contributed by atoms with Gasteiger partial charge in [-0.3, -0.25) is 4.84 Å². The SMILES string of the molecule is CON(C(=O)Oc1ccn(On2cccn2)n1)c1ccccc1COc1ccn(-c2ccc(Cl)cc2)n1. The summed E-state index contributed by atoms with van der Waals surface area (Å²) in [5.74, 6) is 0.402. The number of nitrogens with zero attached hydrogens (tertiary/aromatic N) is 7. The molecule has 0 aliphatic rings. The highest BCUT2D eigenvalue weighted by Gasteiger charge is 2.22. The number of amides is 1. The highest BCUT2D eigenvalue weighted by atomic mass is 35.5. The van der Waals surface area contributed by atoms with E-state index < -0.39 is 6.09 Å². The van der Waals surface area contributed by atoms with Crippen molar-refractivity contribution in [2.75, 3.05) is 12.2 Å². The molecule has 2 aromatic carbocycles. The van der Waals surface area contributed by atoms with Gasteiger partial charge < -0.3 is 9.47 Å². The predicted octanol–water partition coefficient (Wildman–Crippen LogP) is 3.96. The van der Waals surface area contributed by atoms with E-state index in [4.69, 9.17) is 30.9 Å². The first-order chi connectivity index (χ1) is 18.1. The van der Waals surface area contributed by atoms with Gasteiger partial charge in [0.05, 0.1) is 37.1 Å². The Morgan fingerprint density at radius 3 is 2.51 bits per heavy atom. The Morgan fingerprint density at radius 2 is 1.73 bits per heavy atom. The average Bonchev–Trinajstić information content (AvgIpc) is 3.68. The Labute approximate surface area is 215 Å². The normalized spacial score (nSPS) is 10.8. The molecular formula is C24H20ClN7O5. The molecule has 0 spiro atoms. The number of rotatable bonds is 9. The zero-order valence-corrected chi connectivity index (χ0v) is 20.2. The van der Waals surface area contributed by atoms with Crippen LogP contribution in [0.1, 0.15) is 5.56 Å². The molecule has 0 bridgehead atoms. The van der Waals surface area contributed by atoms with Crippen LogP contribution < -0.4 is 19.5 Å². The van der Waals surface area contributed by atoms with Gasteiger partial charge in [0.25, 0.3) is 0 Å². The first kappa shape index (κ1) is 23.9. The number of para-hydroxylation sites is 1.